The third kappa shape index (κ3) is 3.96. The van der Waals surface area contributed by atoms with Gasteiger partial charge in [-0.05, 0) is 48.6 Å². The predicted molar refractivity (Wildman–Crippen MR) is 111 cm³/mol. The lowest BCUT2D eigenvalue weighted by Crippen LogP contribution is -2.34. The first-order valence-corrected chi connectivity index (χ1v) is 9.76. The summed E-state index contributed by atoms with van der Waals surface area (Å²) in [7, 11) is 3.38. The SMILES string of the molecule is CN(C)C(=O)Nc1ccc(N2CCc3ccccc3C2)c(C(=O)NC2CC2)c1. The Hall–Kier alpha value is -3.02. The molecule has 2 aromatic carbocycles. The van der Waals surface area contributed by atoms with Gasteiger partial charge in [-0.15, -0.1) is 0 Å². The van der Waals surface area contributed by atoms with Crippen LogP contribution in [0.1, 0.15) is 34.3 Å². The number of carbonyl (C=O) groups excluding carboxylic acids is 2. The maximum absolute atomic E-state index is 12.9. The zero-order valence-electron chi connectivity index (χ0n) is 16.4. The Morgan fingerprint density at radius 2 is 1.82 bits per heavy atom. The fraction of sp³-hybridized carbons (Fsp3) is 0.364. The van der Waals surface area contributed by atoms with E-state index in [1.54, 1.807) is 20.2 Å². The first kappa shape index (κ1) is 18.3. The van der Waals surface area contributed by atoms with Crippen LogP contribution in [0.3, 0.4) is 0 Å². The van der Waals surface area contributed by atoms with Crippen molar-refractivity contribution in [2.75, 3.05) is 30.9 Å². The summed E-state index contributed by atoms with van der Waals surface area (Å²) in [6.07, 6.45) is 3.03. The molecule has 2 aromatic rings. The molecule has 0 unspecified atom stereocenters. The second kappa shape index (κ2) is 7.54. The van der Waals surface area contributed by atoms with Gasteiger partial charge in [-0.3, -0.25) is 4.79 Å². The molecule has 0 radical (unpaired) electrons. The van der Waals surface area contributed by atoms with Crippen LogP contribution < -0.4 is 15.5 Å². The van der Waals surface area contributed by atoms with Gasteiger partial charge in [-0.1, -0.05) is 24.3 Å². The van der Waals surface area contributed by atoms with Crippen molar-refractivity contribution in [2.45, 2.75) is 31.8 Å². The van der Waals surface area contributed by atoms with Crippen molar-refractivity contribution in [1.82, 2.24) is 10.2 Å². The van der Waals surface area contributed by atoms with Gasteiger partial charge in [0.25, 0.3) is 5.91 Å². The van der Waals surface area contributed by atoms with Gasteiger partial charge in [0.1, 0.15) is 0 Å². The van der Waals surface area contributed by atoms with Crippen molar-refractivity contribution in [3.63, 3.8) is 0 Å². The van der Waals surface area contributed by atoms with Crippen LogP contribution in [0.25, 0.3) is 0 Å². The van der Waals surface area contributed by atoms with Crippen LogP contribution in [0, 0.1) is 0 Å². The van der Waals surface area contributed by atoms with Crippen LogP contribution in [-0.2, 0) is 13.0 Å². The van der Waals surface area contributed by atoms with Crippen molar-refractivity contribution in [1.29, 1.82) is 0 Å². The Labute approximate surface area is 165 Å². The predicted octanol–water partition coefficient (Wildman–Crippen LogP) is 3.24. The standard InChI is InChI=1S/C22H26N4O2/c1-25(2)22(28)24-18-9-10-20(19(13-18)21(27)23-17-7-8-17)26-12-11-15-5-3-4-6-16(15)14-26/h3-6,9-10,13,17H,7-8,11-12,14H2,1-2H3,(H,23,27)(H,24,28). The maximum atomic E-state index is 12.9. The third-order valence-corrected chi connectivity index (χ3v) is 5.28. The minimum Gasteiger partial charge on any atom is -0.366 e. The fourth-order valence-electron chi connectivity index (χ4n) is 3.50. The molecule has 6 heteroatoms. The molecule has 0 aromatic heterocycles. The quantitative estimate of drug-likeness (QED) is 0.858. The van der Waals surface area contributed by atoms with Crippen LogP contribution in [0.4, 0.5) is 16.2 Å². The molecule has 0 atom stereocenters. The van der Waals surface area contributed by atoms with E-state index in [9.17, 15) is 9.59 Å². The molecule has 1 fully saturated rings. The van der Waals surface area contributed by atoms with E-state index >= 15 is 0 Å². The largest absolute Gasteiger partial charge is 0.366 e. The summed E-state index contributed by atoms with van der Waals surface area (Å²) < 4.78 is 0. The van der Waals surface area contributed by atoms with Crippen LogP contribution >= 0.6 is 0 Å². The molecule has 0 bridgehead atoms. The number of nitrogens with zero attached hydrogens (tertiary/aromatic N) is 2. The van der Waals surface area contributed by atoms with Crippen LogP contribution in [0.2, 0.25) is 0 Å². The lowest BCUT2D eigenvalue weighted by molar-refractivity contribution is 0.0951. The van der Waals surface area contributed by atoms with E-state index in [0.29, 0.717) is 11.3 Å². The van der Waals surface area contributed by atoms with Crippen molar-refractivity contribution in [3.05, 3.63) is 59.2 Å². The molecule has 1 saturated carbocycles. The Morgan fingerprint density at radius 3 is 2.54 bits per heavy atom. The van der Waals surface area contributed by atoms with Gasteiger partial charge in [-0.25, -0.2) is 4.79 Å². The number of hydrogen-bond donors (Lipinski definition) is 2. The van der Waals surface area contributed by atoms with Crippen LogP contribution in [0.5, 0.6) is 0 Å². The molecule has 0 spiro atoms. The summed E-state index contributed by atoms with van der Waals surface area (Å²) in [5.74, 6) is -0.0719. The second-order valence-corrected chi connectivity index (χ2v) is 7.74. The van der Waals surface area contributed by atoms with E-state index in [1.165, 1.54) is 16.0 Å². The molecular formula is C22H26N4O2. The molecule has 3 amide bonds. The monoisotopic (exact) mass is 378 g/mol. The highest BCUT2D eigenvalue weighted by atomic mass is 16.2. The molecule has 1 aliphatic heterocycles. The van der Waals surface area contributed by atoms with Gasteiger partial charge >= 0.3 is 6.03 Å². The first-order chi connectivity index (χ1) is 13.5. The van der Waals surface area contributed by atoms with Gasteiger partial charge < -0.3 is 20.4 Å². The Morgan fingerprint density at radius 1 is 1.07 bits per heavy atom. The number of urea groups is 1. The minimum absolute atomic E-state index is 0.0719. The van der Waals surface area contributed by atoms with Crippen molar-refractivity contribution >= 4 is 23.3 Å². The minimum atomic E-state index is -0.215. The summed E-state index contributed by atoms with van der Waals surface area (Å²) in [5.41, 5.74) is 4.82. The normalized spacial score (nSPS) is 15.6. The smallest absolute Gasteiger partial charge is 0.321 e. The van der Waals surface area contributed by atoms with E-state index in [4.69, 9.17) is 0 Å². The molecular weight excluding hydrogens is 352 g/mol. The number of benzene rings is 2. The van der Waals surface area contributed by atoms with Gasteiger partial charge in [-0.2, -0.15) is 0 Å². The summed E-state index contributed by atoms with van der Waals surface area (Å²) in [6, 6.07) is 14.1. The summed E-state index contributed by atoms with van der Waals surface area (Å²) in [6.45, 7) is 1.65. The fourth-order valence-corrected chi connectivity index (χ4v) is 3.50. The first-order valence-electron chi connectivity index (χ1n) is 9.76. The molecule has 6 nitrogen and oxygen atoms in total. The van der Waals surface area contributed by atoms with Gasteiger partial charge in [0.15, 0.2) is 0 Å². The molecule has 1 heterocycles. The van der Waals surface area contributed by atoms with E-state index in [1.807, 2.05) is 12.1 Å². The molecule has 1 aliphatic carbocycles. The Kier molecular flexibility index (Phi) is 4.94. The molecule has 2 aliphatic rings. The third-order valence-electron chi connectivity index (χ3n) is 5.28. The highest BCUT2D eigenvalue weighted by Gasteiger charge is 2.27. The van der Waals surface area contributed by atoms with Crippen molar-refractivity contribution in [3.8, 4) is 0 Å². The number of fused-ring (bicyclic) bond motifs is 1. The van der Waals surface area contributed by atoms with Crippen LogP contribution in [0.15, 0.2) is 42.5 Å². The number of carbonyl (C=O) groups is 2. The van der Waals surface area contributed by atoms with E-state index < -0.39 is 0 Å². The number of amides is 3. The average Bonchev–Trinajstić information content (AvgIpc) is 3.51. The second-order valence-electron chi connectivity index (χ2n) is 7.74. The number of nitrogens with one attached hydrogen (secondary N) is 2. The topological polar surface area (TPSA) is 64.7 Å². The highest BCUT2D eigenvalue weighted by Crippen LogP contribution is 2.30. The van der Waals surface area contributed by atoms with Gasteiger partial charge in [0.05, 0.1) is 5.56 Å². The lowest BCUT2D eigenvalue weighted by atomic mass is 9.98. The van der Waals surface area contributed by atoms with Crippen LogP contribution in [-0.4, -0.2) is 43.5 Å². The Bertz CT molecular complexity index is 905. The van der Waals surface area contributed by atoms with Gasteiger partial charge in [0, 0.05) is 44.6 Å². The molecule has 28 heavy (non-hydrogen) atoms. The molecule has 0 saturated heterocycles. The summed E-state index contributed by atoms with van der Waals surface area (Å²) in [4.78, 5) is 28.6. The molecule has 4 rings (SSSR count). The van der Waals surface area contributed by atoms with E-state index in [2.05, 4.69) is 39.8 Å². The van der Waals surface area contributed by atoms with Crippen molar-refractivity contribution in [2.24, 2.45) is 0 Å². The zero-order chi connectivity index (χ0) is 19.7. The van der Waals surface area contributed by atoms with E-state index in [-0.39, 0.29) is 18.0 Å². The average molecular weight is 378 g/mol. The number of anilines is 2. The lowest BCUT2D eigenvalue weighted by Gasteiger charge is -2.32. The maximum Gasteiger partial charge on any atom is 0.321 e. The van der Waals surface area contributed by atoms with Gasteiger partial charge in [0.2, 0.25) is 0 Å². The van der Waals surface area contributed by atoms with E-state index in [0.717, 1.165) is 38.0 Å². The Balaban J connectivity index is 1.63. The highest BCUT2D eigenvalue weighted by molar-refractivity contribution is 6.02. The molecule has 2 N–H and O–H groups in total. The summed E-state index contributed by atoms with van der Waals surface area (Å²) >= 11 is 0. The van der Waals surface area contributed by atoms with Crippen molar-refractivity contribution < 1.29 is 9.59 Å². The number of rotatable bonds is 4. The number of hydrogen-bond acceptors (Lipinski definition) is 3. The zero-order valence-corrected chi connectivity index (χ0v) is 16.4. The summed E-state index contributed by atoms with van der Waals surface area (Å²) in [5, 5.41) is 5.92. The molecule has 146 valence electrons.